The van der Waals surface area contributed by atoms with Gasteiger partial charge in [0.05, 0.1) is 11.6 Å². The summed E-state index contributed by atoms with van der Waals surface area (Å²) in [6.07, 6.45) is 0.755. The van der Waals surface area contributed by atoms with Gasteiger partial charge in [-0.3, -0.25) is 9.48 Å². The second-order valence-corrected chi connectivity index (χ2v) is 4.21. The van der Waals surface area contributed by atoms with Crippen LogP contribution in [0.4, 0.5) is 0 Å². The molecule has 0 radical (unpaired) electrons. The predicted molar refractivity (Wildman–Crippen MR) is 57.6 cm³/mol. The number of hydrogen-bond acceptors (Lipinski definition) is 2. The van der Waals surface area contributed by atoms with E-state index < -0.39 is 5.97 Å². The van der Waals surface area contributed by atoms with E-state index >= 15 is 0 Å². The minimum absolute atomic E-state index is 0.122. The van der Waals surface area contributed by atoms with Crippen LogP contribution in [-0.2, 0) is 18.3 Å². The van der Waals surface area contributed by atoms with Gasteiger partial charge < -0.3 is 5.11 Å². The lowest BCUT2D eigenvalue weighted by molar-refractivity contribution is -0.142. The van der Waals surface area contributed by atoms with Crippen LogP contribution in [0.3, 0.4) is 0 Å². The van der Waals surface area contributed by atoms with Crippen molar-refractivity contribution in [3.05, 3.63) is 17.5 Å². The third-order valence-corrected chi connectivity index (χ3v) is 2.87. The Kier molecular flexibility index (Phi) is 3.50. The number of carbonyl (C=O) groups is 1. The first-order chi connectivity index (χ1) is 6.91. The van der Waals surface area contributed by atoms with E-state index in [4.69, 9.17) is 5.11 Å². The molecule has 0 fully saturated rings. The van der Waals surface area contributed by atoms with Gasteiger partial charge in [0.1, 0.15) is 0 Å². The Morgan fingerprint density at radius 3 is 2.60 bits per heavy atom. The molecule has 0 aliphatic rings. The van der Waals surface area contributed by atoms with E-state index in [0.29, 0.717) is 0 Å². The van der Waals surface area contributed by atoms with E-state index in [1.165, 1.54) is 0 Å². The van der Waals surface area contributed by atoms with Crippen molar-refractivity contribution in [2.75, 3.05) is 0 Å². The molecule has 0 saturated heterocycles. The molecule has 0 bridgehead atoms. The summed E-state index contributed by atoms with van der Waals surface area (Å²) in [5, 5.41) is 13.1. The molecular formula is C11H18N2O2. The Hall–Kier alpha value is -1.32. The van der Waals surface area contributed by atoms with Crippen molar-refractivity contribution < 1.29 is 9.90 Å². The monoisotopic (exact) mass is 210 g/mol. The number of aliphatic carboxylic acids is 1. The van der Waals surface area contributed by atoms with Crippen molar-refractivity contribution in [2.24, 2.45) is 18.9 Å². The third kappa shape index (κ3) is 2.81. The molecule has 0 amide bonds. The molecule has 2 atom stereocenters. The second-order valence-electron chi connectivity index (χ2n) is 4.21. The van der Waals surface area contributed by atoms with Crippen LogP contribution >= 0.6 is 0 Å². The van der Waals surface area contributed by atoms with Gasteiger partial charge in [-0.15, -0.1) is 0 Å². The third-order valence-electron chi connectivity index (χ3n) is 2.87. The van der Waals surface area contributed by atoms with E-state index in [1.54, 1.807) is 6.92 Å². The molecule has 0 spiro atoms. The van der Waals surface area contributed by atoms with Gasteiger partial charge in [0, 0.05) is 12.7 Å². The van der Waals surface area contributed by atoms with Crippen molar-refractivity contribution in [3.8, 4) is 0 Å². The summed E-state index contributed by atoms with van der Waals surface area (Å²) in [5.74, 6) is -0.932. The molecule has 1 rings (SSSR count). The maximum Gasteiger partial charge on any atom is 0.306 e. The lowest BCUT2D eigenvalue weighted by Gasteiger charge is -2.15. The maximum atomic E-state index is 10.8. The zero-order valence-electron chi connectivity index (χ0n) is 9.69. The van der Waals surface area contributed by atoms with Gasteiger partial charge in [-0.05, 0) is 25.3 Å². The lowest BCUT2D eigenvalue weighted by Crippen LogP contribution is -2.20. The van der Waals surface area contributed by atoms with Gasteiger partial charge in [-0.25, -0.2) is 0 Å². The number of rotatable bonds is 4. The van der Waals surface area contributed by atoms with Gasteiger partial charge in [0.15, 0.2) is 0 Å². The SMILES string of the molecule is Cc1cc(CC(C)C(C)C(=O)O)n(C)n1. The van der Waals surface area contributed by atoms with E-state index in [9.17, 15) is 4.79 Å². The van der Waals surface area contributed by atoms with E-state index in [0.717, 1.165) is 17.8 Å². The number of carboxylic acids is 1. The number of hydrogen-bond donors (Lipinski definition) is 1. The second kappa shape index (κ2) is 4.47. The average Bonchev–Trinajstić information content (AvgIpc) is 2.43. The molecule has 0 aromatic carbocycles. The number of aromatic nitrogens is 2. The first-order valence-electron chi connectivity index (χ1n) is 5.14. The molecule has 0 aliphatic carbocycles. The minimum atomic E-state index is -0.735. The van der Waals surface area contributed by atoms with Gasteiger partial charge >= 0.3 is 5.97 Å². The fraction of sp³-hybridized carbons (Fsp3) is 0.636. The van der Waals surface area contributed by atoms with Gasteiger partial charge in [-0.1, -0.05) is 13.8 Å². The highest BCUT2D eigenvalue weighted by molar-refractivity contribution is 5.69. The molecule has 1 heterocycles. The summed E-state index contributed by atoms with van der Waals surface area (Å²) >= 11 is 0. The van der Waals surface area contributed by atoms with Crippen molar-refractivity contribution in [1.82, 2.24) is 9.78 Å². The van der Waals surface area contributed by atoms with Gasteiger partial charge in [-0.2, -0.15) is 5.10 Å². The highest BCUT2D eigenvalue weighted by atomic mass is 16.4. The summed E-state index contributed by atoms with van der Waals surface area (Å²) < 4.78 is 1.82. The molecule has 1 aromatic heterocycles. The summed E-state index contributed by atoms with van der Waals surface area (Å²) in [7, 11) is 1.89. The van der Waals surface area contributed by atoms with Crippen molar-refractivity contribution in [3.63, 3.8) is 0 Å². The molecule has 0 aliphatic heterocycles. The fourth-order valence-corrected chi connectivity index (χ4v) is 1.61. The van der Waals surface area contributed by atoms with Crippen LogP contribution in [0.25, 0.3) is 0 Å². The number of aryl methyl sites for hydroxylation is 2. The van der Waals surface area contributed by atoms with Crippen LogP contribution < -0.4 is 0 Å². The van der Waals surface area contributed by atoms with Crippen LogP contribution in [0.1, 0.15) is 25.2 Å². The molecule has 2 unspecified atom stereocenters. The number of nitrogens with zero attached hydrogens (tertiary/aromatic N) is 2. The average molecular weight is 210 g/mol. The highest BCUT2D eigenvalue weighted by Gasteiger charge is 2.20. The Balaban J connectivity index is 2.70. The quantitative estimate of drug-likeness (QED) is 0.821. The van der Waals surface area contributed by atoms with Gasteiger partial charge in [0.2, 0.25) is 0 Å². The van der Waals surface area contributed by atoms with Gasteiger partial charge in [0.25, 0.3) is 0 Å². The molecule has 15 heavy (non-hydrogen) atoms. The topological polar surface area (TPSA) is 55.1 Å². The Morgan fingerprint density at radius 1 is 1.60 bits per heavy atom. The largest absolute Gasteiger partial charge is 0.481 e. The van der Waals surface area contributed by atoms with Crippen LogP contribution in [0.5, 0.6) is 0 Å². The molecule has 0 saturated carbocycles. The highest BCUT2D eigenvalue weighted by Crippen LogP contribution is 2.17. The number of carboxylic acid groups (broad SMARTS) is 1. The smallest absolute Gasteiger partial charge is 0.306 e. The minimum Gasteiger partial charge on any atom is -0.481 e. The Morgan fingerprint density at radius 2 is 2.20 bits per heavy atom. The van der Waals surface area contributed by atoms with E-state index in [1.807, 2.05) is 31.6 Å². The van der Waals surface area contributed by atoms with Crippen LogP contribution in [0.15, 0.2) is 6.07 Å². The molecular weight excluding hydrogens is 192 g/mol. The molecule has 4 nitrogen and oxygen atoms in total. The first-order valence-corrected chi connectivity index (χ1v) is 5.14. The van der Waals surface area contributed by atoms with E-state index in [2.05, 4.69) is 5.10 Å². The predicted octanol–water partition coefficient (Wildman–Crippen LogP) is 1.63. The Labute approximate surface area is 89.9 Å². The van der Waals surface area contributed by atoms with Crippen LogP contribution in [0.2, 0.25) is 0 Å². The fourth-order valence-electron chi connectivity index (χ4n) is 1.61. The molecule has 4 heteroatoms. The summed E-state index contributed by atoms with van der Waals surface area (Å²) in [4.78, 5) is 10.8. The standard InChI is InChI=1S/C11H18N2O2/c1-7(9(3)11(14)15)5-10-6-8(2)12-13(10)4/h6-7,9H,5H2,1-4H3,(H,14,15). The van der Waals surface area contributed by atoms with Crippen LogP contribution in [-0.4, -0.2) is 20.9 Å². The van der Waals surface area contributed by atoms with E-state index in [-0.39, 0.29) is 11.8 Å². The summed E-state index contributed by atoms with van der Waals surface area (Å²) in [6.45, 7) is 5.64. The Bertz CT molecular complexity index is 357. The molecule has 1 aromatic rings. The first kappa shape index (κ1) is 11.8. The van der Waals surface area contributed by atoms with Crippen molar-refractivity contribution >= 4 is 5.97 Å². The maximum absolute atomic E-state index is 10.8. The zero-order valence-corrected chi connectivity index (χ0v) is 9.69. The van der Waals surface area contributed by atoms with Crippen molar-refractivity contribution in [1.29, 1.82) is 0 Å². The summed E-state index contributed by atoms with van der Waals surface area (Å²) in [6, 6.07) is 2.01. The molecule has 84 valence electrons. The normalized spacial score (nSPS) is 14.9. The lowest BCUT2D eigenvalue weighted by atomic mass is 9.91. The van der Waals surface area contributed by atoms with Crippen molar-refractivity contribution in [2.45, 2.75) is 27.2 Å². The zero-order chi connectivity index (χ0) is 11.6. The molecule has 1 N–H and O–H groups in total. The van der Waals surface area contributed by atoms with Crippen LogP contribution in [0, 0.1) is 18.8 Å². The summed E-state index contributed by atoms with van der Waals surface area (Å²) in [5.41, 5.74) is 2.07.